The summed E-state index contributed by atoms with van der Waals surface area (Å²) in [6, 6.07) is 14.4. The summed E-state index contributed by atoms with van der Waals surface area (Å²) in [7, 11) is 0. The number of carbonyl (C=O) groups excluding carboxylic acids is 3. The minimum Gasteiger partial charge on any atom is -0.352 e. The number of fused-ring (bicyclic) bond motifs is 1. The van der Waals surface area contributed by atoms with Crippen LogP contribution in [0.25, 0.3) is 0 Å². The lowest BCUT2D eigenvalue weighted by Crippen LogP contribution is -2.27. The number of carbonyl (C=O) groups is 3. The molecule has 26 heavy (non-hydrogen) atoms. The summed E-state index contributed by atoms with van der Waals surface area (Å²) in [5, 5.41) is 5.57. The van der Waals surface area contributed by atoms with Crippen molar-refractivity contribution in [1.29, 1.82) is 0 Å². The first-order valence-electron chi connectivity index (χ1n) is 8.59. The van der Waals surface area contributed by atoms with Gasteiger partial charge in [0.15, 0.2) is 0 Å². The Hall–Kier alpha value is -3.15. The van der Waals surface area contributed by atoms with Crippen molar-refractivity contribution >= 4 is 29.1 Å². The highest BCUT2D eigenvalue weighted by Crippen LogP contribution is 2.30. The lowest BCUT2D eigenvalue weighted by atomic mass is 10.1. The van der Waals surface area contributed by atoms with E-state index in [9.17, 15) is 14.4 Å². The third kappa shape index (κ3) is 4.08. The highest BCUT2D eigenvalue weighted by atomic mass is 16.2. The van der Waals surface area contributed by atoms with Gasteiger partial charge in [0.2, 0.25) is 11.8 Å². The van der Waals surface area contributed by atoms with Crippen molar-refractivity contribution in [1.82, 2.24) is 5.32 Å². The van der Waals surface area contributed by atoms with E-state index in [1.54, 1.807) is 42.2 Å². The highest BCUT2D eigenvalue weighted by Gasteiger charge is 2.22. The van der Waals surface area contributed by atoms with Gasteiger partial charge < -0.3 is 15.5 Å². The van der Waals surface area contributed by atoms with Gasteiger partial charge in [0.1, 0.15) is 0 Å². The van der Waals surface area contributed by atoms with Crippen LogP contribution < -0.4 is 15.5 Å². The number of nitrogens with zero attached hydrogens (tertiary/aromatic N) is 1. The summed E-state index contributed by atoms with van der Waals surface area (Å²) in [5.41, 5.74) is 3.23. The Morgan fingerprint density at radius 3 is 2.58 bits per heavy atom. The van der Waals surface area contributed by atoms with Crippen molar-refractivity contribution in [3.8, 4) is 0 Å². The van der Waals surface area contributed by atoms with E-state index in [4.69, 9.17) is 0 Å². The van der Waals surface area contributed by atoms with E-state index >= 15 is 0 Å². The van der Waals surface area contributed by atoms with Crippen LogP contribution in [0.3, 0.4) is 0 Å². The minimum atomic E-state index is -0.194. The zero-order valence-corrected chi connectivity index (χ0v) is 14.6. The second kappa shape index (κ2) is 7.82. The van der Waals surface area contributed by atoms with Crippen molar-refractivity contribution in [2.24, 2.45) is 0 Å². The first-order valence-corrected chi connectivity index (χ1v) is 8.59. The van der Waals surface area contributed by atoms with Crippen molar-refractivity contribution in [3.05, 3.63) is 59.7 Å². The van der Waals surface area contributed by atoms with Gasteiger partial charge in [-0.2, -0.15) is 0 Å². The predicted octanol–water partition coefficient (Wildman–Crippen LogP) is 2.35. The molecular formula is C20H21N3O3. The molecular weight excluding hydrogens is 330 g/mol. The Balaban J connectivity index is 1.50. The Labute approximate surface area is 152 Å². The van der Waals surface area contributed by atoms with E-state index in [2.05, 4.69) is 10.6 Å². The van der Waals surface area contributed by atoms with E-state index in [0.29, 0.717) is 17.8 Å². The van der Waals surface area contributed by atoms with Crippen molar-refractivity contribution < 1.29 is 14.4 Å². The summed E-state index contributed by atoms with van der Waals surface area (Å²) in [6.07, 6.45) is 0.973. The normalized spacial score (nSPS) is 12.4. The quantitative estimate of drug-likeness (QED) is 0.868. The van der Waals surface area contributed by atoms with Crippen LogP contribution in [0.5, 0.6) is 0 Å². The van der Waals surface area contributed by atoms with Crippen LogP contribution in [-0.4, -0.2) is 30.8 Å². The highest BCUT2D eigenvalue weighted by molar-refractivity contribution is 5.96. The Morgan fingerprint density at radius 2 is 1.85 bits per heavy atom. The molecule has 134 valence electrons. The zero-order valence-electron chi connectivity index (χ0n) is 14.6. The Bertz CT molecular complexity index is 833. The smallest absolute Gasteiger partial charge is 0.251 e. The van der Waals surface area contributed by atoms with Gasteiger partial charge >= 0.3 is 0 Å². The molecule has 0 aromatic heterocycles. The Morgan fingerprint density at radius 1 is 1.08 bits per heavy atom. The molecule has 6 heteroatoms. The van der Waals surface area contributed by atoms with Gasteiger partial charge in [-0.15, -0.1) is 0 Å². The van der Waals surface area contributed by atoms with Gasteiger partial charge in [-0.1, -0.05) is 18.2 Å². The molecule has 0 unspecified atom stereocenters. The van der Waals surface area contributed by atoms with Crippen LogP contribution in [0.15, 0.2) is 48.5 Å². The molecule has 1 aliphatic heterocycles. The molecule has 0 bridgehead atoms. The van der Waals surface area contributed by atoms with Gasteiger partial charge in [-0.3, -0.25) is 14.4 Å². The van der Waals surface area contributed by atoms with E-state index < -0.39 is 0 Å². The number of amides is 3. The second-order valence-corrected chi connectivity index (χ2v) is 6.18. The fourth-order valence-corrected chi connectivity index (χ4v) is 3.01. The van der Waals surface area contributed by atoms with Gasteiger partial charge in [-0.05, 0) is 42.3 Å². The van der Waals surface area contributed by atoms with E-state index in [0.717, 1.165) is 17.7 Å². The van der Waals surface area contributed by atoms with Gasteiger partial charge in [0.25, 0.3) is 5.91 Å². The standard InChI is InChI=1S/C20H21N3O3/c1-14(24)23-12-10-16-13-17(7-8-18(16)23)22-19(25)9-11-21-20(26)15-5-3-2-4-6-15/h2-8,13H,9-12H2,1H3,(H,21,26)(H,22,25). The Kier molecular flexibility index (Phi) is 5.31. The maximum atomic E-state index is 12.1. The molecule has 0 radical (unpaired) electrons. The topological polar surface area (TPSA) is 78.5 Å². The van der Waals surface area contributed by atoms with Crippen LogP contribution in [-0.2, 0) is 16.0 Å². The first-order chi connectivity index (χ1) is 12.5. The van der Waals surface area contributed by atoms with E-state index in [1.807, 2.05) is 18.2 Å². The van der Waals surface area contributed by atoms with Crippen LogP contribution >= 0.6 is 0 Å². The summed E-state index contributed by atoms with van der Waals surface area (Å²) in [5.74, 6) is -0.338. The lowest BCUT2D eigenvalue weighted by Gasteiger charge is -2.15. The van der Waals surface area contributed by atoms with E-state index in [1.165, 1.54) is 0 Å². The maximum absolute atomic E-state index is 12.1. The summed E-state index contributed by atoms with van der Waals surface area (Å²) in [4.78, 5) is 37.3. The molecule has 0 atom stereocenters. The van der Waals surface area contributed by atoms with Crippen LogP contribution in [0.1, 0.15) is 29.3 Å². The summed E-state index contributed by atoms with van der Waals surface area (Å²) >= 11 is 0. The fourth-order valence-electron chi connectivity index (χ4n) is 3.01. The number of nitrogens with one attached hydrogen (secondary N) is 2. The number of hydrogen-bond acceptors (Lipinski definition) is 3. The van der Waals surface area contributed by atoms with Crippen molar-refractivity contribution in [2.75, 3.05) is 23.3 Å². The summed E-state index contributed by atoms with van der Waals surface area (Å²) < 4.78 is 0. The molecule has 1 heterocycles. The first kappa shape index (κ1) is 17.7. The molecule has 3 amide bonds. The van der Waals surface area contributed by atoms with Crippen molar-refractivity contribution in [3.63, 3.8) is 0 Å². The third-order valence-electron chi connectivity index (χ3n) is 4.31. The van der Waals surface area contributed by atoms with Crippen LogP contribution in [0.4, 0.5) is 11.4 Å². The molecule has 0 spiro atoms. The van der Waals surface area contributed by atoms with Crippen LogP contribution in [0.2, 0.25) is 0 Å². The monoisotopic (exact) mass is 351 g/mol. The van der Waals surface area contributed by atoms with Crippen molar-refractivity contribution in [2.45, 2.75) is 19.8 Å². The van der Waals surface area contributed by atoms with Gasteiger partial charge in [0.05, 0.1) is 0 Å². The number of hydrogen-bond donors (Lipinski definition) is 2. The molecule has 1 aliphatic rings. The lowest BCUT2D eigenvalue weighted by molar-refractivity contribution is -0.117. The summed E-state index contributed by atoms with van der Waals surface area (Å²) in [6.45, 7) is 2.49. The molecule has 3 rings (SSSR count). The maximum Gasteiger partial charge on any atom is 0.251 e. The second-order valence-electron chi connectivity index (χ2n) is 6.18. The zero-order chi connectivity index (χ0) is 18.5. The predicted molar refractivity (Wildman–Crippen MR) is 100 cm³/mol. The number of rotatable bonds is 5. The molecule has 0 saturated carbocycles. The average molecular weight is 351 g/mol. The molecule has 6 nitrogen and oxygen atoms in total. The SMILES string of the molecule is CC(=O)N1CCc2cc(NC(=O)CCNC(=O)c3ccccc3)ccc21. The van der Waals surface area contributed by atoms with E-state index in [-0.39, 0.29) is 30.7 Å². The molecule has 0 saturated heterocycles. The number of anilines is 2. The fraction of sp³-hybridized carbons (Fsp3) is 0.250. The molecule has 2 N–H and O–H groups in total. The number of benzene rings is 2. The van der Waals surface area contributed by atoms with Gasteiger partial charge in [0, 0.05) is 43.4 Å². The molecule has 0 aliphatic carbocycles. The average Bonchev–Trinajstić information content (AvgIpc) is 3.06. The third-order valence-corrected chi connectivity index (χ3v) is 4.31. The largest absolute Gasteiger partial charge is 0.352 e. The van der Waals surface area contributed by atoms with Gasteiger partial charge in [-0.25, -0.2) is 0 Å². The molecule has 2 aromatic carbocycles. The molecule has 0 fully saturated rings. The van der Waals surface area contributed by atoms with Crippen LogP contribution in [0, 0.1) is 0 Å². The minimum absolute atomic E-state index is 0.0229. The molecule has 2 aromatic rings.